The van der Waals surface area contributed by atoms with Gasteiger partial charge in [-0.3, -0.25) is 14.9 Å². The SMILES string of the molecule is CCN(C)c1cc(-c2cccc(OC)c2)nn(-c2cc(N3CCCCC3)ccc2[N+](=O)[O-])c1=O. The second-order valence-electron chi connectivity index (χ2n) is 8.36. The summed E-state index contributed by atoms with van der Waals surface area (Å²) in [6, 6.07) is 14.0. The maximum Gasteiger partial charge on any atom is 0.295 e. The molecule has 34 heavy (non-hydrogen) atoms. The van der Waals surface area contributed by atoms with E-state index in [1.807, 2.05) is 43.1 Å². The van der Waals surface area contributed by atoms with Crippen molar-refractivity contribution in [1.82, 2.24) is 9.78 Å². The summed E-state index contributed by atoms with van der Waals surface area (Å²) in [5.41, 5.74) is 2.12. The summed E-state index contributed by atoms with van der Waals surface area (Å²) in [5.74, 6) is 0.653. The number of nitrogens with zero attached hydrogens (tertiary/aromatic N) is 5. The number of rotatable bonds is 7. The molecule has 0 unspecified atom stereocenters. The van der Waals surface area contributed by atoms with E-state index in [0.717, 1.165) is 37.2 Å². The molecule has 0 spiro atoms. The number of nitro benzene ring substituents is 1. The zero-order chi connectivity index (χ0) is 24.2. The van der Waals surface area contributed by atoms with Crippen LogP contribution in [0.1, 0.15) is 26.2 Å². The fraction of sp³-hybridized carbons (Fsp3) is 0.360. The molecule has 4 rings (SSSR count). The van der Waals surface area contributed by atoms with Crippen LogP contribution in [-0.2, 0) is 0 Å². The highest BCUT2D eigenvalue weighted by Crippen LogP contribution is 2.30. The fourth-order valence-corrected chi connectivity index (χ4v) is 4.20. The van der Waals surface area contributed by atoms with Gasteiger partial charge >= 0.3 is 0 Å². The van der Waals surface area contributed by atoms with E-state index in [0.29, 0.717) is 23.7 Å². The van der Waals surface area contributed by atoms with Crippen molar-refractivity contribution < 1.29 is 9.66 Å². The molecule has 1 aliphatic rings. The van der Waals surface area contributed by atoms with Crippen LogP contribution in [0, 0.1) is 10.1 Å². The first kappa shape index (κ1) is 23.3. The number of hydrogen-bond donors (Lipinski definition) is 0. The molecule has 0 radical (unpaired) electrons. The van der Waals surface area contributed by atoms with Crippen LogP contribution in [-0.4, -0.2) is 48.5 Å². The van der Waals surface area contributed by atoms with Crippen molar-refractivity contribution in [3.8, 4) is 22.7 Å². The van der Waals surface area contributed by atoms with Crippen LogP contribution < -0.4 is 20.1 Å². The third kappa shape index (κ3) is 4.59. The maximum absolute atomic E-state index is 13.5. The predicted octanol–water partition coefficient (Wildman–Crippen LogP) is 4.26. The van der Waals surface area contributed by atoms with Crippen LogP contribution in [0.15, 0.2) is 53.3 Å². The van der Waals surface area contributed by atoms with Gasteiger partial charge in [-0.2, -0.15) is 9.78 Å². The van der Waals surface area contributed by atoms with Crippen LogP contribution >= 0.6 is 0 Å². The smallest absolute Gasteiger partial charge is 0.295 e. The predicted molar refractivity (Wildman–Crippen MR) is 133 cm³/mol. The second-order valence-corrected chi connectivity index (χ2v) is 8.36. The topological polar surface area (TPSA) is 93.7 Å². The Morgan fingerprint density at radius 2 is 1.88 bits per heavy atom. The van der Waals surface area contributed by atoms with E-state index in [2.05, 4.69) is 10.00 Å². The average Bonchev–Trinajstić information content (AvgIpc) is 2.88. The Kier molecular flexibility index (Phi) is 6.81. The monoisotopic (exact) mass is 463 g/mol. The van der Waals surface area contributed by atoms with Gasteiger partial charge in [0.2, 0.25) is 0 Å². The molecular weight excluding hydrogens is 434 g/mol. The van der Waals surface area contributed by atoms with E-state index >= 15 is 0 Å². The summed E-state index contributed by atoms with van der Waals surface area (Å²) < 4.78 is 6.51. The average molecular weight is 464 g/mol. The molecule has 178 valence electrons. The zero-order valence-corrected chi connectivity index (χ0v) is 19.7. The third-order valence-corrected chi connectivity index (χ3v) is 6.25. The molecule has 3 aromatic rings. The Morgan fingerprint density at radius 1 is 1.12 bits per heavy atom. The largest absolute Gasteiger partial charge is 0.497 e. The number of piperidine rings is 1. The van der Waals surface area contributed by atoms with E-state index in [4.69, 9.17) is 4.74 Å². The summed E-state index contributed by atoms with van der Waals surface area (Å²) in [5, 5.41) is 16.5. The normalized spacial score (nSPS) is 13.6. The highest BCUT2D eigenvalue weighted by molar-refractivity contribution is 5.68. The molecule has 1 fully saturated rings. The molecule has 1 aliphatic heterocycles. The van der Waals surface area contributed by atoms with Crippen molar-refractivity contribution in [3.63, 3.8) is 0 Å². The molecule has 0 bridgehead atoms. The van der Waals surface area contributed by atoms with E-state index in [1.54, 1.807) is 25.3 Å². The van der Waals surface area contributed by atoms with E-state index < -0.39 is 10.5 Å². The Morgan fingerprint density at radius 3 is 2.56 bits per heavy atom. The van der Waals surface area contributed by atoms with E-state index in [1.165, 1.54) is 17.2 Å². The highest BCUT2D eigenvalue weighted by atomic mass is 16.6. The van der Waals surface area contributed by atoms with Crippen molar-refractivity contribution in [2.75, 3.05) is 43.6 Å². The molecule has 9 heteroatoms. The van der Waals surface area contributed by atoms with Crippen LogP contribution in [0.4, 0.5) is 17.1 Å². The van der Waals surface area contributed by atoms with E-state index in [-0.39, 0.29) is 11.4 Å². The quantitative estimate of drug-likeness (QED) is 0.382. The number of aromatic nitrogens is 2. The lowest BCUT2D eigenvalue weighted by Gasteiger charge is -2.29. The van der Waals surface area contributed by atoms with Crippen molar-refractivity contribution in [2.45, 2.75) is 26.2 Å². The molecule has 0 atom stereocenters. The summed E-state index contributed by atoms with van der Waals surface area (Å²) in [4.78, 5) is 29.0. The van der Waals surface area contributed by atoms with Crippen LogP contribution in [0.2, 0.25) is 0 Å². The minimum atomic E-state index is -0.467. The molecule has 0 amide bonds. The number of hydrogen-bond acceptors (Lipinski definition) is 7. The summed E-state index contributed by atoms with van der Waals surface area (Å²) in [6.45, 7) is 4.29. The second kappa shape index (κ2) is 9.94. The highest BCUT2D eigenvalue weighted by Gasteiger charge is 2.23. The van der Waals surface area contributed by atoms with E-state index in [9.17, 15) is 14.9 Å². The first-order chi connectivity index (χ1) is 16.4. The lowest BCUT2D eigenvalue weighted by molar-refractivity contribution is -0.384. The number of benzene rings is 2. The fourth-order valence-electron chi connectivity index (χ4n) is 4.20. The molecule has 1 saturated heterocycles. The number of anilines is 2. The first-order valence-electron chi connectivity index (χ1n) is 11.5. The number of methoxy groups -OCH3 is 1. The molecule has 0 N–H and O–H groups in total. The Bertz CT molecular complexity index is 1250. The third-order valence-electron chi connectivity index (χ3n) is 6.25. The lowest BCUT2D eigenvalue weighted by Crippen LogP contribution is -2.32. The molecule has 1 aromatic heterocycles. The molecule has 0 saturated carbocycles. The molecule has 9 nitrogen and oxygen atoms in total. The van der Waals surface area contributed by atoms with Gasteiger partial charge in [0.15, 0.2) is 0 Å². The molecule has 2 heterocycles. The Labute approximate surface area is 198 Å². The Balaban J connectivity index is 1.95. The first-order valence-corrected chi connectivity index (χ1v) is 11.5. The van der Waals surface area contributed by atoms with Gasteiger partial charge in [0.05, 0.1) is 17.7 Å². The van der Waals surface area contributed by atoms with Gasteiger partial charge in [0, 0.05) is 44.0 Å². The molecule has 0 aliphatic carbocycles. The van der Waals surface area contributed by atoms with Crippen molar-refractivity contribution in [3.05, 3.63) is 69.0 Å². The summed E-state index contributed by atoms with van der Waals surface area (Å²) in [7, 11) is 3.40. The summed E-state index contributed by atoms with van der Waals surface area (Å²) >= 11 is 0. The van der Waals surface area contributed by atoms with Gasteiger partial charge in [-0.1, -0.05) is 12.1 Å². The summed E-state index contributed by atoms with van der Waals surface area (Å²) in [6.07, 6.45) is 3.31. The van der Waals surface area contributed by atoms with Gasteiger partial charge < -0.3 is 14.5 Å². The van der Waals surface area contributed by atoms with Gasteiger partial charge in [0.25, 0.3) is 11.2 Å². The molecule has 2 aromatic carbocycles. The minimum Gasteiger partial charge on any atom is -0.497 e. The van der Waals surface area contributed by atoms with Crippen LogP contribution in [0.3, 0.4) is 0 Å². The van der Waals surface area contributed by atoms with Gasteiger partial charge in [-0.25, -0.2) is 0 Å². The van der Waals surface area contributed by atoms with Crippen molar-refractivity contribution >= 4 is 17.1 Å². The lowest BCUT2D eigenvalue weighted by atomic mass is 10.1. The Hall–Kier alpha value is -3.88. The van der Waals surface area contributed by atoms with Crippen molar-refractivity contribution in [1.29, 1.82) is 0 Å². The van der Waals surface area contributed by atoms with Gasteiger partial charge in [0.1, 0.15) is 17.1 Å². The standard InChI is InChI=1S/C25H29N5O4/c1-4-27(2)24-17-21(18-9-8-10-20(15-18)34-3)26-29(25(24)31)23-16-19(11-12-22(23)30(32)33)28-13-6-5-7-14-28/h8-12,15-17H,4-7,13-14H2,1-3H3. The minimum absolute atomic E-state index is 0.161. The number of ether oxygens (including phenoxy) is 1. The maximum atomic E-state index is 13.5. The zero-order valence-electron chi connectivity index (χ0n) is 19.7. The van der Waals surface area contributed by atoms with Gasteiger partial charge in [-0.15, -0.1) is 0 Å². The van der Waals surface area contributed by atoms with Gasteiger partial charge in [-0.05, 0) is 56.5 Å². The van der Waals surface area contributed by atoms with Crippen LogP contribution in [0.5, 0.6) is 5.75 Å². The van der Waals surface area contributed by atoms with Crippen LogP contribution in [0.25, 0.3) is 16.9 Å². The number of nitro groups is 1. The molecular formula is C25H29N5O4. The van der Waals surface area contributed by atoms with Crippen molar-refractivity contribution in [2.24, 2.45) is 0 Å².